The number of quaternary nitrogens is 1. The summed E-state index contributed by atoms with van der Waals surface area (Å²) in [5.74, 6) is -0.00540. The first-order valence-electron chi connectivity index (χ1n) is 8.04. The number of benzene rings is 1. The predicted octanol–water partition coefficient (Wildman–Crippen LogP) is 1.08. The van der Waals surface area contributed by atoms with Gasteiger partial charge in [-0.05, 0) is 25.3 Å². The Kier molecular flexibility index (Phi) is 4.85. The lowest BCUT2D eigenvalue weighted by atomic mass is 10.1. The summed E-state index contributed by atoms with van der Waals surface area (Å²) in [6.45, 7) is 3.31. The molecular weight excluding hydrogens is 276 g/mol. The maximum Gasteiger partial charge on any atom is 0.245 e. The van der Waals surface area contributed by atoms with Gasteiger partial charge in [0.05, 0.1) is 32.3 Å². The molecule has 3 N–H and O–H groups in total. The van der Waals surface area contributed by atoms with E-state index in [1.165, 1.54) is 32.4 Å². The summed E-state index contributed by atoms with van der Waals surface area (Å²) in [5.41, 5.74) is 4.69. The Labute approximate surface area is 130 Å². The number of hydrogen-bond donors (Lipinski definition) is 3. The molecule has 0 radical (unpaired) electrons. The molecule has 1 fully saturated rings. The van der Waals surface area contributed by atoms with Gasteiger partial charge in [0.25, 0.3) is 0 Å². The van der Waals surface area contributed by atoms with Gasteiger partial charge in [0.2, 0.25) is 5.91 Å². The number of nitrogens with one attached hydrogen (secondary N) is 3. The van der Waals surface area contributed by atoms with Gasteiger partial charge >= 0.3 is 0 Å². The molecule has 2 aromatic rings. The molecule has 0 saturated carbocycles. The first kappa shape index (κ1) is 14.8. The van der Waals surface area contributed by atoms with Crippen LogP contribution in [0.3, 0.4) is 0 Å². The lowest BCUT2D eigenvalue weighted by molar-refractivity contribution is -0.904. The topological polar surface area (TPSA) is 61.7 Å². The highest BCUT2D eigenvalue weighted by Gasteiger charge is 2.14. The number of amides is 1. The van der Waals surface area contributed by atoms with Gasteiger partial charge < -0.3 is 9.88 Å². The van der Waals surface area contributed by atoms with E-state index in [9.17, 15) is 4.79 Å². The molecule has 0 aliphatic carbocycles. The van der Waals surface area contributed by atoms with Crippen molar-refractivity contribution >= 4 is 23.0 Å². The van der Waals surface area contributed by atoms with Crippen LogP contribution in [0.4, 0.5) is 0 Å². The van der Waals surface area contributed by atoms with Crippen molar-refractivity contribution in [2.45, 2.75) is 25.7 Å². The molecule has 1 aromatic heterocycles. The van der Waals surface area contributed by atoms with Crippen molar-refractivity contribution in [3.05, 3.63) is 36.0 Å². The van der Waals surface area contributed by atoms with Crippen molar-refractivity contribution in [2.24, 2.45) is 5.10 Å². The summed E-state index contributed by atoms with van der Waals surface area (Å²) in [5, 5.41) is 5.18. The van der Waals surface area contributed by atoms with E-state index in [0.717, 1.165) is 23.0 Å². The third-order valence-corrected chi connectivity index (χ3v) is 4.28. The molecule has 5 heteroatoms. The number of H-pyrrole nitrogens is 1. The number of carbonyl (C=O) groups excluding carboxylic acids is 1. The molecule has 0 atom stereocenters. The minimum Gasteiger partial charge on any atom is -0.361 e. The average molecular weight is 299 g/mol. The highest BCUT2D eigenvalue weighted by atomic mass is 16.2. The zero-order valence-electron chi connectivity index (χ0n) is 12.8. The van der Waals surface area contributed by atoms with Gasteiger partial charge in [0, 0.05) is 22.7 Å². The normalized spacial score (nSPS) is 16.4. The van der Waals surface area contributed by atoms with E-state index in [2.05, 4.69) is 15.5 Å². The van der Waals surface area contributed by atoms with Crippen molar-refractivity contribution in [3.8, 4) is 0 Å². The molecule has 0 unspecified atom stereocenters. The van der Waals surface area contributed by atoms with E-state index in [4.69, 9.17) is 0 Å². The van der Waals surface area contributed by atoms with Gasteiger partial charge in [0.1, 0.15) is 0 Å². The van der Waals surface area contributed by atoms with Gasteiger partial charge in [-0.2, -0.15) is 5.10 Å². The molecule has 1 amide bonds. The molecular formula is C17H23N4O+. The Hall–Kier alpha value is -2.14. The van der Waals surface area contributed by atoms with Crippen LogP contribution in [0.1, 0.15) is 31.2 Å². The van der Waals surface area contributed by atoms with Crippen LogP contribution in [0.5, 0.6) is 0 Å². The Bertz CT molecular complexity index is 655. The number of aromatic nitrogens is 1. The number of piperidine rings is 1. The predicted molar refractivity (Wildman–Crippen MR) is 88.1 cm³/mol. The first-order chi connectivity index (χ1) is 10.8. The maximum absolute atomic E-state index is 11.8. The number of aromatic amines is 1. The Morgan fingerprint density at radius 2 is 2.09 bits per heavy atom. The highest BCUT2D eigenvalue weighted by Crippen LogP contribution is 2.15. The molecule has 5 nitrogen and oxygen atoms in total. The molecule has 22 heavy (non-hydrogen) atoms. The summed E-state index contributed by atoms with van der Waals surface area (Å²) in [4.78, 5) is 16.6. The molecule has 1 aliphatic heterocycles. The fraction of sp³-hybridized carbons (Fsp3) is 0.412. The minimum absolute atomic E-state index is 0.00540. The summed E-state index contributed by atoms with van der Waals surface area (Å²) in [7, 11) is 0. The van der Waals surface area contributed by atoms with Crippen LogP contribution >= 0.6 is 0 Å². The van der Waals surface area contributed by atoms with E-state index in [1.807, 2.05) is 30.5 Å². The maximum atomic E-state index is 11.8. The van der Waals surface area contributed by atoms with Crippen LogP contribution < -0.4 is 10.3 Å². The standard InChI is InChI=1S/C17H22N4O/c22-17(8-11-21-9-4-1-5-10-21)20-19-13-14-12-18-16-7-3-2-6-15(14)16/h2-3,6-7,12-13,18H,1,4-5,8-11H2,(H,20,22)/p+1. The minimum atomic E-state index is -0.00540. The third-order valence-electron chi connectivity index (χ3n) is 4.28. The zero-order chi connectivity index (χ0) is 15.2. The van der Waals surface area contributed by atoms with E-state index in [-0.39, 0.29) is 5.91 Å². The quantitative estimate of drug-likeness (QED) is 0.561. The Morgan fingerprint density at radius 3 is 2.95 bits per heavy atom. The van der Waals surface area contributed by atoms with Crippen LogP contribution in [0.25, 0.3) is 10.9 Å². The van der Waals surface area contributed by atoms with Crippen molar-refractivity contribution in [2.75, 3.05) is 19.6 Å². The van der Waals surface area contributed by atoms with Crippen LogP contribution in [-0.2, 0) is 4.79 Å². The second-order valence-corrected chi connectivity index (χ2v) is 5.89. The van der Waals surface area contributed by atoms with Gasteiger partial charge in [-0.25, -0.2) is 5.43 Å². The molecule has 116 valence electrons. The smallest absolute Gasteiger partial charge is 0.245 e. The summed E-state index contributed by atoms with van der Waals surface area (Å²) >= 11 is 0. The number of rotatable bonds is 5. The first-order valence-corrected chi connectivity index (χ1v) is 8.04. The largest absolute Gasteiger partial charge is 0.361 e. The lowest BCUT2D eigenvalue weighted by Crippen LogP contribution is -3.12. The van der Waals surface area contributed by atoms with E-state index in [0.29, 0.717) is 6.42 Å². The number of fused-ring (bicyclic) bond motifs is 1. The molecule has 1 aliphatic rings. The monoisotopic (exact) mass is 299 g/mol. The fourth-order valence-corrected chi connectivity index (χ4v) is 3.02. The van der Waals surface area contributed by atoms with E-state index < -0.39 is 0 Å². The van der Waals surface area contributed by atoms with Crippen LogP contribution in [0.2, 0.25) is 0 Å². The Morgan fingerprint density at radius 1 is 1.27 bits per heavy atom. The number of hydrogen-bond acceptors (Lipinski definition) is 2. The van der Waals surface area contributed by atoms with Crippen molar-refractivity contribution < 1.29 is 9.69 Å². The summed E-state index contributed by atoms with van der Waals surface area (Å²) in [6.07, 6.45) is 8.05. The number of nitrogens with zero attached hydrogens (tertiary/aromatic N) is 1. The van der Waals surface area contributed by atoms with Crippen molar-refractivity contribution in [3.63, 3.8) is 0 Å². The van der Waals surface area contributed by atoms with Gasteiger partial charge in [-0.3, -0.25) is 4.79 Å². The number of carbonyl (C=O) groups is 1. The van der Waals surface area contributed by atoms with Crippen molar-refractivity contribution in [1.29, 1.82) is 0 Å². The average Bonchev–Trinajstić information content (AvgIpc) is 2.97. The molecule has 1 saturated heterocycles. The van der Waals surface area contributed by atoms with Crippen molar-refractivity contribution in [1.82, 2.24) is 10.4 Å². The molecule has 3 rings (SSSR count). The highest BCUT2D eigenvalue weighted by molar-refractivity contribution is 5.99. The second-order valence-electron chi connectivity index (χ2n) is 5.89. The van der Waals surface area contributed by atoms with Gasteiger partial charge in [-0.15, -0.1) is 0 Å². The van der Waals surface area contributed by atoms with E-state index >= 15 is 0 Å². The zero-order valence-corrected chi connectivity index (χ0v) is 12.8. The number of para-hydroxylation sites is 1. The SMILES string of the molecule is O=C(CC[NH+]1CCCCC1)NN=Cc1c[nH]c2ccccc12. The lowest BCUT2D eigenvalue weighted by Gasteiger charge is -2.22. The van der Waals surface area contributed by atoms with Gasteiger partial charge in [0.15, 0.2) is 0 Å². The third kappa shape index (κ3) is 3.74. The molecule has 0 bridgehead atoms. The number of likely N-dealkylation sites (tertiary alicyclic amines) is 1. The second kappa shape index (κ2) is 7.22. The summed E-state index contributed by atoms with van der Waals surface area (Å²) < 4.78 is 0. The Balaban J connectivity index is 1.48. The van der Waals surface area contributed by atoms with Crippen LogP contribution in [0, 0.1) is 0 Å². The molecule has 2 heterocycles. The van der Waals surface area contributed by atoms with Gasteiger partial charge in [-0.1, -0.05) is 18.2 Å². The number of hydrazone groups is 1. The van der Waals surface area contributed by atoms with E-state index in [1.54, 1.807) is 11.1 Å². The van der Waals surface area contributed by atoms with Crippen LogP contribution in [-0.4, -0.2) is 36.7 Å². The molecule has 0 spiro atoms. The fourth-order valence-electron chi connectivity index (χ4n) is 3.02. The van der Waals surface area contributed by atoms with Crippen LogP contribution in [0.15, 0.2) is 35.6 Å². The summed E-state index contributed by atoms with van der Waals surface area (Å²) in [6, 6.07) is 8.04. The molecule has 1 aromatic carbocycles.